The van der Waals surface area contributed by atoms with Crippen molar-refractivity contribution in [3.05, 3.63) is 58.7 Å². The van der Waals surface area contributed by atoms with Crippen LogP contribution in [0.25, 0.3) is 0 Å². The molecule has 0 bridgehead atoms. The first kappa shape index (κ1) is 41.5. The quantitative estimate of drug-likeness (QED) is 0.314. The highest BCUT2D eigenvalue weighted by atomic mass is 16.6. The largest absolute Gasteiger partial charge is 0.443 e. The van der Waals surface area contributed by atoms with E-state index in [4.69, 9.17) is 9.47 Å². The number of likely N-dealkylation sites (tertiary alicyclic amines) is 2. The zero-order valence-corrected chi connectivity index (χ0v) is 32.7. The molecule has 2 saturated heterocycles. The van der Waals surface area contributed by atoms with Crippen LogP contribution in [-0.2, 0) is 38.2 Å². The van der Waals surface area contributed by atoms with Gasteiger partial charge in [-0.05, 0) is 78.6 Å². The number of imide groups is 8. The Hall–Kier alpha value is -7.12. The van der Waals surface area contributed by atoms with Crippen LogP contribution in [0.2, 0.25) is 0 Å². The molecule has 4 aliphatic rings. The fourth-order valence-corrected chi connectivity index (χ4v) is 6.93. The van der Waals surface area contributed by atoms with Gasteiger partial charge in [-0.1, -0.05) is 12.1 Å². The Balaban J connectivity index is 1.14. The van der Waals surface area contributed by atoms with Crippen LogP contribution in [0.4, 0.5) is 21.0 Å². The van der Waals surface area contributed by atoms with Crippen LogP contribution in [0.1, 0.15) is 115 Å². The molecule has 0 radical (unpaired) electrons. The smallest absolute Gasteiger partial charge is 0.424 e. The van der Waals surface area contributed by atoms with Crippen molar-refractivity contribution in [1.29, 1.82) is 0 Å². The van der Waals surface area contributed by atoms with E-state index in [0.29, 0.717) is 9.80 Å². The molecule has 20 heteroatoms. The summed E-state index contributed by atoms with van der Waals surface area (Å²) in [4.78, 5) is 160. The van der Waals surface area contributed by atoms with Gasteiger partial charge in [0.15, 0.2) is 0 Å². The Labute approximate surface area is 335 Å². The number of piperidine rings is 2. The van der Waals surface area contributed by atoms with E-state index in [0.717, 1.165) is 0 Å². The minimum absolute atomic E-state index is 0.197. The highest BCUT2D eigenvalue weighted by Gasteiger charge is 2.52. The minimum atomic E-state index is -1.55. The Morgan fingerprint density at radius 3 is 1.27 bits per heavy atom. The molecule has 0 spiro atoms. The van der Waals surface area contributed by atoms with Gasteiger partial charge in [0, 0.05) is 12.8 Å². The van der Waals surface area contributed by atoms with Crippen molar-refractivity contribution in [2.75, 3.05) is 10.6 Å². The van der Waals surface area contributed by atoms with E-state index >= 15 is 0 Å². The summed E-state index contributed by atoms with van der Waals surface area (Å²) in [5.41, 5.74) is -3.56. The molecule has 0 aromatic heterocycles. The second-order valence-corrected chi connectivity index (χ2v) is 15.9. The number of hydrogen-bond acceptors (Lipinski definition) is 14. The van der Waals surface area contributed by atoms with Gasteiger partial charge in [-0.15, -0.1) is 0 Å². The van der Waals surface area contributed by atoms with E-state index in [9.17, 15) is 57.5 Å². The first-order valence-electron chi connectivity index (χ1n) is 18.3. The maximum atomic E-state index is 13.7. The van der Waals surface area contributed by atoms with Crippen molar-refractivity contribution < 1.29 is 67.0 Å². The van der Waals surface area contributed by atoms with Crippen molar-refractivity contribution in [1.82, 2.24) is 19.6 Å². The average molecular weight is 815 g/mol. The standard InChI is InChI=1S/C39H38N6O14/c1-38(2,3)58-36(56)44-26(48)15-13-22(32(44)52)42-30(50)18-9-7-11-20(28(18)34(42)54)40-24(46)17-25(47)41-21-12-8-10-19-29(21)35(55)43(31(19)51)23-14-16-27(49)45(33(23)53)37(57)59-39(4,5)6/h7-12,22-23H,13-17H2,1-6H3,(H,40,46)(H,41,47). The monoisotopic (exact) mass is 814 g/mol. The molecule has 6 rings (SSSR count). The first-order valence-corrected chi connectivity index (χ1v) is 18.3. The highest BCUT2D eigenvalue weighted by molar-refractivity contribution is 6.28. The fraction of sp³-hybridized carbons (Fsp3) is 0.385. The maximum absolute atomic E-state index is 13.7. The molecule has 308 valence electrons. The average Bonchev–Trinajstić information content (AvgIpc) is 3.52. The van der Waals surface area contributed by atoms with Gasteiger partial charge in [0.1, 0.15) is 29.7 Å². The van der Waals surface area contributed by atoms with Gasteiger partial charge in [-0.3, -0.25) is 57.7 Å². The number of nitrogens with one attached hydrogen (secondary N) is 2. The summed E-state index contributed by atoms with van der Waals surface area (Å²) in [6, 6.07) is 4.66. The number of carbonyl (C=O) groups excluding carboxylic acids is 12. The van der Waals surface area contributed by atoms with Crippen LogP contribution in [0, 0.1) is 0 Å². The normalized spacial score (nSPS) is 19.6. The van der Waals surface area contributed by atoms with E-state index in [-0.39, 0.29) is 69.1 Å². The van der Waals surface area contributed by atoms with Crippen molar-refractivity contribution in [2.45, 2.75) is 96.9 Å². The van der Waals surface area contributed by atoms with E-state index in [1.165, 1.54) is 77.9 Å². The van der Waals surface area contributed by atoms with Crippen molar-refractivity contribution in [2.24, 2.45) is 0 Å². The summed E-state index contributed by atoms with van der Waals surface area (Å²) in [5, 5.41) is 4.80. The number of fused-ring (bicyclic) bond motifs is 2. The number of amides is 12. The predicted octanol–water partition coefficient (Wildman–Crippen LogP) is 2.75. The molecule has 20 nitrogen and oxygen atoms in total. The lowest BCUT2D eigenvalue weighted by atomic mass is 10.0. The van der Waals surface area contributed by atoms with Crippen LogP contribution in [0.15, 0.2) is 36.4 Å². The fourth-order valence-electron chi connectivity index (χ4n) is 6.93. The van der Waals surface area contributed by atoms with Gasteiger partial charge in [-0.2, -0.15) is 9.80 Å². The minimum Gasteiger partial charge on any atom is -0.443 e. The van der Waals surface area contributed by atoms with Gasteiger partial charge in [-0.25, -0.2) is 9.59 Å². The van der Waals surface area contributed by atoms with Gasteiger partial charge < -0.3 is 20.1 Å². The van der Waals surface area contributed by atoms with Gasteiger partial charge in [0.2, 0.25) is 23.6 Å². The van der Waals surface area contributed by atoms with Crippen molar-refractivity contribution in [3.8, 4) is 0 Å². The summed E-state index contributed by atoms with van der Waals surface area (Å²) < 4.78 is 10.3. The van der Waals surface area contributed by atoms with Crippen LogP contribution in [0.5, 0.6) is 0 Å². The van der Waals surface area contributed by atoms with E-state index < -0.39 is 101 Å². The van der Waals surface area contributed by atoms with Crippen LogP contribution in [0.3, 0.4) is 0 Å². The molecule has 2 unspecified atom stereocenters. The van der Waals surface area contributed by atoms with E-state index in [1.807, 2.05) is 0 Å². The molecular weight excluding hydrogens is 776 g/mol. The lowest BCUT2D eigenvalue weighted by Gasteiger charge is -2.34. The number of rotatable bonds is 6. The molecule has 2 atom stereocenters. The molecule has 4 heterocycles. The molecule has 4 aliphatic heterocycles. The maximum Gasteiger partial charge on any atom is 0.424 e. The third-order valence-electron chi connectivity index (χ3n) is 9.31. The summed E-state index contributed by atoms with van der Waals surface area (Å²) in [6.45, 7) is 9.12. The highest BCUT2D eigenvalue weighted by Crippen LogP contribution is 2.36. The Morgan fingerprint density at radius 2 is 0.932 bits per heavy atom. The molecule has 2 fully saturated rings. The number of hydrogen-bond donors (Lipinski definition) is 2. The predicted molar refractivity (Wildman–Crippen MR) is 198 cm³/mol. The summed E-state index contributed by atoms with van der Waals surface area (Å²) in [5.74, 6) is -9.89. The number of nitrogens with zero attached hydrogens (tertiary/aromatic N) is 4. The second-order valence-electron chi connectivity index (χ2n) is 15.9. The molecule has 0 aliphatic carbocycles. The Bertz CT molecular complexity index is 2160. The van der Waals surface area contributed by atoms with Gasteiger partial charge in [0.25, 0.3) is 35.4 Å². The molecule has 2 aromatic rings. The van der Waals surface area contributed by atoms with E-state index in [1.54, 1.807) is 0 Å². The van der Waals surface area contributed by atoms with Gasteiger partial charge in [0.05, 0.1) is 33.6 Å². The Morgan fingerprint density at radius 1 is 0.576 bits per heavy atom. The second kappa shape index (κ2) is 15.0. The lowest BCUT2D eigenvalue weighted by Crippen LogP contribution is -2.58. The Kier molecular flexibility index (Phi) is 10.6. The topological polar surface area (TPSA) is 260 Å². The number of carbonyl (C=O) groups is 12. The zero-order chi connectivity index (χ0) is 43.5. The summed E-state index contributed by atoms with van der Waals surface area (Å²) in [6.07, 6.45) is -4.73. The van der Waals surface area contributed by atoms with Crippen molar-refractivity contribution in [3.63, 3.8) is 0 Å². The first-order chi connectivity index (χ1) is 27.5. The molecule has 0 saturated carbocycles. The molecular formula is C39H38N6O14. The summed E-state index contributed by atoms with van der Waals surface area (Å²) >= 11 is 0. The zero-order valence-electron chi connectivity index (χ0n) is 32.7. The summed E-state index contributed by atoms with van der Waals surface area (Å²) in [7, 11) is 0. The molecule has 2 N–H and O–H groups in total. The SMILES string of the molecule is CC(C)(C)OC(=O)N1C(=O)CCC(N2C(=O)c3cccc(NC(=O)CC(=O)Nc4cccc5c4C(=O)N(C4CCC(=O)N(C(=O)OC(C)(C)C)C4=O)C5=O)c3C2=O)C1=O. The van der Waals surface area contributed by atoms with Crippen LogP contribution >= 0.6 is 0 Å². The van der Waals surface area contributed by atoms with E-state index in [2.05, 4.69) is 10.6 Å². The van der Waals surface area contributed by atoms with Crippen LogP contribution in [-0.4, -0.2) is 114 Å². The number of anilines is 2. The van der Waals surface area contributed by atoms with Crippen molar-refractivity contribution >= 4 is 82.6 Å². The lowest BCUT2D eigenvalue weighted by molar-refractivity contribution is -0.151. The number of ether oxygens (including phenoxy) is 2. The molecule has 59 heavy (non-hydrogen) atoms. The third kappa shape index (κ3) is 7.80. The molecule has 2 aromatic carbocycles. The van der Waals surface area contributed by atoms with Crippen LogP contribution < -0.4 is 10.6 Å². The molecule has 12 amide bonds. The van der Waals surface area contributed by atoms with Gasteiger partial charge >= 0.3 is 12.2 Å². The number of benzene rings is 2. The third-order valence-corrected chi connectivity index (χ3v) is 9.31.